The second-order valence-corrected chi connectivity index (χ2v) is 3.96. The summed E-state index contributed by atoms with van der Waals surface area (Å²) in [7, 11) is 0. The molecule has 6 heteroatoms. The SMILES string of the molecule is O=C(NCc1ccc(F)cc1)N1NC=CS1. The van der Waals surface area contributed by atoms with Crippen molar-refractivity contribution in [2.75, 3.05) is 0 Å². The van der Waals surface area contributed by atoms with E-state index < -0.39 is 0 Å². The summed E-state index contributed by atoms with van der Waals surface area (Å²) in [4.78, 5) is 11.5. The summed E-state index contributed by atoms with van der Waals surface area (Å²) in [5.41, 5.74) is 3.60. The molecule has 2 amide bonds. The molecular weight excluding hydrogens is 229 g/mol. The van der Waals surface area contributed by atoms with Gasteiger partial charge in [0.05, 0.1) is 0 Å². The van der Waals surface area contributed by atoms with Crippen molar-refractivity contribution in [1.29, 1.82) is 0 Å². The van der Waals surface area contributed by atoms with E-state index in [9.17, 15) is 9.18 Å². The number of halogens is 1. The van der Waals surface area contributed by atoms with Gasteiger partial charge in [-0.15, -0.1) is 0 Å². The number of hydrazine groups is 1. The quantitative estimate of drug-likeness (QED) is 0.776. The molecule has 0 aromatic heterocycles. The Morgan fingerprint density at radius 1 is 1.44 bits per heavy atom. The van der Waals surface area contributed by atoms with Crippen molar-refractivity contribution in [3.8, 4) is 0 Å². The highest BCUT2D eigenvalue weighted by molar-refractivity contribution is 8.00. The van der Waals surface area contributed by atoms with E-state index in [0.717, 1.165) is 5.56 Å². The fraction of sp³-hybridized carbons (Fsp3) is 0.100. The van der Waals surface area contributed by atoms with Crippen LogP contribution in [-0.4, -0.2) is 10.4 Å². The smallest absolute Gasteiger partial charge is 0.332 e. The number of carbonyl (C=O) groups excluding carboxylic acids is 1. The second-order valence-electron chi connectivity index (χ2n) is 3.12. The van der Waals surface area contributed by atoms with Crippen molar-refractivity contribution >= 4 is 18.0 Å². The Labute approximate surface area is 96.6 Å². The van der Waals surface area contributed by atoms with Gasteiger partial charge in [-0.2, -0.15) is 4.41 Å². The fourth-order valence-electron chi connectivity index (χ4n) is 1.18. The van der Waals surface area contributed by atoms with Crippen LogP contribution in [0, 0.1) is 5.82 Å². The van der Waals surface area contributed by atoms with Crippen LogP contribution in [0.2, 0.25) is 0 Å². The van der Waals surface area contributed by atoms with Gasteiger partial charge in [-0.3, -0.25) is 5.43 Å². The summed E-state index contributed by atoms with van der Waals surface area (Å²) in [5.74, 6) is -0.281. The van der Waals surface area contributed by atoms with Crippen LogP contribution in [0.5, 0.6) is 0 Å². The lowest BCUT2D eigenvalue weighted by molar-refractivity contribution is 0.220. The molecule has 0 bridgehead atoms. The van der Waals surface area contributed by atoms with E-state index in [1.807, 2.05) is 0 Å². The number of nitrogens with zero attached hydrogens (tertiary/aromatic N) is 1. The van der Waals surface area contributed by atoms with Gasteiger partial charge >= 0.3 is 6.03 Å². The zero-order valence-corrected chi connectivity index (χ0v) is 9.13. The van der Waals surface area contributed by atoms with E-state index in [1.54, 1.807) is 23.7 Å². The Balaban J connectivity index is 1.82. The number of hydrogen-bond acceptors (Lipinski definition) is 3. The standard InChI is InChI=1S/C10H10FN3OS/c11-9-3-1-8(2-4-9)7-12-10(15)14-13-5-6-16-14/h1-6,13H,7H2,(H,12,15). The van der Waals surface area contributed by atoms with Gasteiger partial charge in [-0.25, -0.2) is 9.18 Å². The minimum absolute atomic E-state index is 0.237. The molecule has 1 aromatic carbocycles. The summed E-state index contributed by atoms with van der Waals surface area (Å²) >= 11 is 1.26. The molecule has 1 heterocycles. The van der Waals surface area contributed by atoms with E-state index in [1.165, 1.54) is 28.5 Å². The molecule has 0 radical (unpaired) electrons. The van der Waals surface area contributed by atoms with Crippen LogP contribution in [0.1, 0.15) is 5.56 Å². The molecule has 0 atom stereocenters. The van der Waals surface area contributed by atoms with Gasteiger partial charge in [0, 0.05) is 30.1 Å². The van der Waals surface area contributed by atoms with Crippen molar-refractivity contribution in [1.82, 2.24) is 15.2 Å². The van der Waals surface area contributed by atoms with Crippen LogP contribution in [-0.2, 0) is 6.54 Å². The molecule has 2 rings (SSSR count). The van der Waals surface area contributed by atoms with Crippen molar-refractivity contribution < 1.29 is 9.18 Å². The number of rotatable bonds is 2. The van der Waals surface area contributed by atoms with E-state index >= 15 is 0 Å². The molecule has 0 saturated carbocycles. The molecule has 0 aliphatic carbocycles. The Morgan fingerprint density at radius 2 is 2.19 bits per heavy atom. The first-order chi connectivity index (χ1) is 7.75. The maximum atomic E-state index is 12.6. The molecule has 1 aliphatic rings. The molecule has 84 valence electrons. The maximum absolute atomic E-state index is 12.6. The highest BCUT2D eigenvalue weighted by Gasteiger charge is 2.14. The molecule has 0 spiro atoms. The fourth-order valence-corrected chi connectivity index (χ4v) is 1.70. The summed E-state index contributed by atoms with van der Waals surface area (Å²) in [6.07, 6.45) is 1.67. The molecule has 1 aliphatic heterocycles. The number of amides is 2. The Bertz CT molecular complexity index is 399. The first kappa shape index (κ1) is 10.8. The Hall–Kier alpha value is -1.69. The highest BCUT2D eigenvalue weighted by Crippen LogP contribution is 2.13. The first-order valence-electron chi connectivity index (χ1n) is 4.66. The number of benzene rings is 1. The van der Waals surface area contributed by atoms with Crippen LogP contribution in [0.15, 0.2) is 35.9 Å². The Kier molecular flexibility index (Phi) is 3.31. The van der Waals surface area contributed by atoms with E-state index in [0.29, 0.717) is 6.54 Å². The summed E-state index contributed by atoms with van der Waals surface area (Å²) in [6.45, 7) is 0.373. The average Bonchev–Trinajstić information content (AvgIpc) is 2.81. The minimum atomic E-state index is -0.281. The van der Waals surface area contributed by atoms with E-state index in [-0.39, 0.29) is 11.8 Å². The van der Waals surface area contributed by atoms with Crippen LogP contribution >= 0.6 is 11.9 Å². The molecule has 1 aromatic rings. The van der Waals surface area contributed by atoms with Crippen molar-refractivity contribution in [2.24, 2.45) is 0 Å². The molecule has 0 unspecified atom stereocenters. The van der Waals surface area contributed by atoms with Crippen LogP contribution in [0.25, 0.3) is 0 Å². The second kappa shape index (κ2) is 4.89. The van der Waals surface area contributed by atoms with Gasteiger partial charge < -0.3 is 5.32 Å². The van der Waals surface area contributed by atoms with Crippen LogP contribution in [0.3, 0.4) is 0 Å². The number of nitrogens with one attached hydrogen (secondary N) is 2. The monoisotopic (exact) mass is 239 g/mol. The topological polar surface area (TPSA) is 44.4 Å². The lowest BCUT2D eigenvalue weighted by Crippen LogP contribution is -2.39. The normalized spacial score (nSPS) is 13.7. The zero-order valence-electron chi connectivity index (χ0n) is 8.31. The zero-order chi connectivity index (χ0) is 11.4. The van der Waals surface area contributed by atoms with Gasteiger partial charge in [0.2, 0.25) is 0 Å². The van der Waals surface area contributed by atoms with Gasteiger partial charge in [0.15, 0.2) is 0 Å². The Morgan fingerprint density at radius 3 is 2.81 bits per heavy atom. The third-order valence-corrected chi connectivity index (χ3v) is 2.71. The summed E-state index contributed by atoms with van der Waals surface area (Å²) in [5, 5.41) is 4.46. The van der Waals surface area contributed by atoms with Gasteiger partial charge in [0.1, 0.15) is 5.82 Å². The largest absolute Gasteiger partial charge is 0.347 e. The number of hydrogen-bond donors (Lipinski definition) is 2. The van der Waals surface area contributed by atoms with Crippen LogP contribution < -0.4 is 10.7 Å². The third-order valence-electron chi connectivity index (χ3n) is 1.97. The van der Waals surface area contributed by atoms with Crippen molar-refractivity contribution in [3.05, 3.63) is 47.3 Å². The van der Waals surface area contributed by atoms with E-state index in [4.69, 9.17) is 0 Å². The predicted octanol–water partition coefficient (Wildman–Crippen LogP) is 1.97. The summed E-state index contributed by atoms with van der Waals surface area (Å²) in [6, 6.07) is 5.77. The van der Waals surface area contributed by atoms with Crippen molar-refractivity contribution in [2.45, 2.75) is 6.54 Å². The third kappa shape index (κ3) is 2.66. The molecule has 2 N–H and O–H groups in total. The van der Waals surface area contributed by atoms with Gasteiger partial charge in [-0.1, -0.05) is 12.1 Å². The molecule has 0 fully saturated rings. The molecule has 16 heavy (non-hydrogen) atoms. The van der Waals surface area contributed by atoms with Crippen LogP contribution in [0.4, 0.5) is 9.18 Å². The first-order valence-corrected chi connectivity index (χ1v) is 5.50. The lowest BCUT2D eigenvalue weighted by atomic mass is 10.2. The summed E-state index contributed by atoms with van der Waals surface area (Å²) < 4.78 is 14.0. The number of urea groups is 1. The maximum Gasteiger partial charge on any atom is 0.347 e. The lowest BCUT2D eigenvalue weighted by Gasteiger charge is -2.15. The minimum Gasteiger partial charge on any atom is -0.332 e. The highest BCUT2D eigenvalue weighted by atomic mass is 32.2. The molecule has 4 nitrogen and oxygen atoms in total. The number of carbonyl (C=O) groups is 1. The van der Waals surface area contributed by atoms with Crippen molar-refractivity contribution in [3.63, 3.8) is 0 Å². The average molecular weight is 239 g/mol. The van der Waals surface area contributed by atoms with Gasteiger partial charge in [0.25, 0.3) is 0 Å². The molecule has 0 saturated heterocycles. The molecular formula is C10H10FN3OS. The van der Waals surface area contributed by atoms with Gasteiger partial charge in [-0.05, 0) is 17.7 Å². The predicted molar refractivity (Wildman–Crippen MR) is 60.3 cm³/mol. The van der Waals surface area contributed by atoms with E-state index in [2.05, 4.69) is 10.7 Å².